The van der Waals surface area contributed by atoms with Crippen molar-refractivity contribution in [1.29, 1.82) is 0 Å². The number of aromatic nitrogens is 1. The molecule has 1 aliphatic carbocycles. The van der Waals surface area contributed by atoms with Gasteiger partial charge in [0.25, 0.3) is 11.8 Å². The summed E-state index contributed by atoms with van der Waals surface area (Å²) >= 11 is 5.73. The van der Waals surface area contributed by atoms with E-state index >= 15 is 0 Å². The molecule has 1 aromatic carbocycles. The highest BCUT2D eigenvalue weighted by molar-refractivity contribution is 6.30. The SMILES string of the molecule is CN1CC2(CC(O)C2)n2cc(C(=O)NCc3cccc(Cl)c3F)c(=O)c(O)c2C1=O.Cl. The topological polar surface area (TPSA) is 112 Å². The fraction of sp³-hybridized carbons (Fsp3) is 0.350. The van der Waals surface area contributed by atoms with Gasteiger partial charge in [-0.05, 0) is 18.9 Å². The van der Waals surface area contributed by atoms with Crippen LogP contribution in [0, 0.1) is 5.82 Å². The van der Waals surface area contributed by atoms with Crippen LogP contribution in [-0.4, -0.2) is 51.2 Å². The van der Waals surface area contributed by atoms with E-state index in [1.165, 1.54) is 33.9 Å². The average Bonchev–Trinajstić information content (AvgIpc) is 2.67. The number of aliphatic hydroxyl groups is 1. The van der Waals surface area contributed by atoms with Gasteiger partial charge in [-0.25, -0.2) is 4.39 Å². The number of pyridine rings is 1. The van der Waals surface area contributed by atoms with Crippen LogP contribution in [0.15, 0.2) is 29.2 Å². The molecule has 0 radical (unpaired) electrons. The highest BCUT2D eigenvalue weighted by Gasteiger charge is 2.51. The second-order valence-electron chi connectivity index (χ2n) is 7.78. The summed E-state index contributed by atoms with van der Waals surface area (Å²) in [6.45, 7) is 0.0473. The fourth-order valence-corrected chi connectivity index (χ4v) is 4.40. The van der Waals surface area contributed by atoms with Crippen molar-refractivity contribution < 1.29 is 24.2 Å². The number of fused-ring (bicyclic) bond motifs is 2. The van der Waals surface area contributed by atoms with Crippen LogP contribution in [-0.2, 0) is 12.1 Å². The molecule has 2 aromatic rings. The third-order valence-corrected chi connectivity index (χ3v) is 6.01. The third kappa shape index (κ3) is 3.66. The van der Waals surface area contributed by atoms with Crippen molar-refractivity contribution in [2.75, 3.05) is 13.6 Å². The number of amides is 2. The lowest BCUT2D eigenvalue weighted by atomic mass is 9.72. The van der Waals surface area contributed by atoms with Crippen LogP contribution in [0.1, 0.15) is 39.3 Å². The normalized spacial score (nSPS) is 21.9. The molecule has 1 fully saturated rings. The van der Waals surface area contributed by atoms with Gasteiger partial charge in [-0.1, -0.05) is 23.7 Å². The molecule has 1 spiro atoms. The third-order valence-electron chi connectivity index (χ3n) is 5.72. The Morgan fingerprint density at radius 3 is 2.68 bits per heavy atom. The molecule has 4 rings (SSSR count). The van der Waals surface area contributed by atoms with E-state index < -0.39 is 40.5 Å². The van der Waals surface area contributed by atoms with Gasteiger partial charge in [0, 0.05) is 31.9 Å². The number of hydrogen-bond acceptors (Lipinski definition) is 5. The summed E-state index contributed by atoms with van der Waals surface area (Å²) in [6, 6.07) is 4.34. The van der Waals surface area contributed by atoms with Crippen LogP contribution in [0.3, 0.4) is 0 Å². The summed E-state index contributed by atoms with van der Waals surface area (Å²) < 4.78 is 15.5. The van der Waals surface area contributed by atoms with E-state index in [-0.39, 0.29) is 47.3 Å². The number of nitrogens with one attached hydrogen (secondary N) is 1. The second kappa shape index (κ2) is 8.14. The lowest BCUT2D eigenvalue weighted by molar-refractivity contribution is -0.0453. The minimum absolute atomic E-state index is 0. The van der Waals surface area contributed by atoms with Crippen LogP contribution in [0.2, 0.25) is 5.02 Å². The van der Waals surface area contributed by atoms with Gasteiger partial charge < -0.3 is 25.0 Å². The number of nitrogens with zero attached hydrogens (tertiary/aromatic N) is 2. The zero-order chi connectivity index (χ0) is 21.8. The second-order valence-corrected chi connectivity index (χ2v) is 8.19. The molecule has 0 bridgehead atoms. The molecule has 31 heavy (non-hydrogen) atoms. The van der Waals surface area contributed by atoms with Crippen LogP contribution in [0.4, 0.5) is 4.39 Å². The van der Waals surface area contributed by atoms with Gasteiger partial charge >= 0.3 is 0 Å². The van der Waals surface area contributed by atoms with Gasteiger partial charge in [0.15, 0.2) is 11.4 Å². The predicted molar refractivity (Wildman–Crippen MR) is 112 cm³/mol. The maximum atomic E-state index is 14.0. The Kier molecular flexibility index (Phi) is 6.05. The summed E-state index contributed by atoms with van der Waals surface area (Å²) in [5.41, 5.74) is -2.16. The van der Waals surface area contributed by atoms with E-state index in [0.29, 0.717) is 12.8 Å². The number of rotatable bonds is 3. The van der Waals surface area contributed by atoms with E-state index in [2.05, 4.69) is 5.32 Å². The van der Waals surface area contributed by atoms with Crippen LogP contribution in [0.25, 0.3) is 0 Å². The van der Waals surface area contributed by atoms with Gasteiger partial charge in [0.05, 0.1) is 16.7 Å². The molecule has 166 valence electrons. The molecule has 2 heterocycles. The quantitative estimate of drug-likeness (QED) is 0.629. The number of likely N-dealkylation sites (N-methyl/N-ethyl adjacent to an activating group) is 1. The van der Waals surface area contributed by atoms with Gasteiger partial charge in [-0.2, -0.15) is 0 Å². The number of benzene rings is 1. The van der Waals surface area contributed by atoms with Crippen LogP contribution >= 0.6 is 24.0 Å². The van der Waals surface area contributed by atoms with Crippen molar-refractivity contribution >= 4 is 35.8 Å². The number of carbonyl (C=O) groups is 2. The smallest absolute Gasteiger partial charge is 0.274 e. The zero-order valence-corrected chi connectivity index (χ0v) is 18.0. The molecule has 8 nitrogen and oxygen atoms in total. The minimum Gasteiger partial charge on any atom is -0.503 e. The average molecular weight is 472 g/mol. The molecule has 3 N–H and O–H groups in total. The Morgan fingerprint density at radius 2 is 2.03 bits per heavy atom. The molecular weight excluding hydrogens is 452 g/mol. The maximum absolute atomic E-state index is 14.0. The monoisotopic (exact) mass is 471 g/mol. The Hall–Kier alpha value is -2.62. The zero-order valence-electron chi connectivity index (χ0n) is 16.4. The maximum Gasteiger partial charge on any atom is 0.274 e. The lowest BCUT2D eigenvalue weighted by Gasteiger charge is -2.52. The Labute approximate surface area is 187 Å². The van der Waals surface area contributed by atoms with Crippen molar-refractivity contribution in [1.82, 2.24) is 14.8 Å². The van der Waals surface area contributed by atoms with Crippen molar-refractivity contribution in [3.63, 3.8) is 0 Å². The molecule has 2 aliphatic rings. The molecule has 1 aromatic heterocycles. The fourth-order valence-electron chi connectivity index (χ4n) is 4.21. The first-order valence-corrected chi connectivity index (χ1v) is 9.66. The van der Waals surface area contributed by atoms with Crippen molar-refractivity contribution in [2.45, 2.75) is 31.0 Å². The minimum atomic E-state index is -0.996. The lowest BCUT2D eigenvalue weighted by Crippen LogP contribution is -2.61. The first-order chi connectivity index (χ1) is 14.1. The van der Waals surface area contributed by atoms with Crippen molar-refractivity contribution in [3.8, 4) is 5.75 Å². The summed E-state index contributed by atoms with van der Waals surface area (Å²) in [5, 5.41) is 22.6. The van der Waals surface area contributed by atoms with Gasteiger partial charge in [-0.15, -0.1) is 12.4 Å². The molecule has 0 unspecified atom stereocenters. The number of carbonyl (C=O) groups excluding carboxylic acids is 2. The molecule has 1 aliphatic heterocycles. The molecule has 0 atom stereocenters. The number of hydrogen-bond donors (Lipinski definition) is 3. The van der Waals surface area contributed by atoms with Crippen LogP contribution in [0.5, 0.6) is 5.75 Å². The van der Waals surface area contributed by atoms with Crippen molar-refractivity contribution in [2.24, 2.45) is 0 Å². The summed E-state index contributed by atoms with van der Waals surface area (Å²) in [6.07, 6.45) is 1.28. The summed E-state index contributed by atoms with van der Waals surface area (Å²) in [5.74, 6) is -2.88. The van der Waals surface area contributed by atoms with E-state index in [9.17, 15) is 29.0 Å². The van der Waals surface area contributed by atoms with Crippen molar-refractivity contribution in [3.05, 3.63) is 62.3 Å². The predicted octanol–water partition coefficient (Wildman–Crippen LogP) is 1.63. The Balaban J connectivity index is 0.00000272. The summed E-state index contributed by atoms with van der Waals surface area (Å²) in [7, 11) is 1.54. The Morgan fingerprint density at radius 1 is 1.35 bits per heavy atom. The summed E-state index contributed by atoms with van der Waals surface area (Å²) in [4.78, 5) is 39.2. The van der Waals surface area contributed by atoms with Gasteiger partial charge in [0.1, 0.15) is 11.4 Å². The van der Waals surface area contributed by atoms with Gasteiger partial charge in [-0.3, -0.25) is 14.4 Å². The molecule has 0 saturated heterocycles. The largest absolute Gasteiger partial charge is 0.503 e. The van der Waals surface area contributed by atoms with Crippen LogP contribution < -0.4 is 10.7 Å². The van der Waals surface area contributed by atoms with E-state index in [0.717, 1.165) is 0 Å². The molecule has 11 heteroatoms. The van der Waals surface area contributed by atoms with E-state index in [4.69, 9.17) is 11.6 Å². The van der Waals surface area contributed by atoms with Gasteiger partial charge in [0.2, 0.25) is 5.43 Å². The highest BCUT2D eigenvalue weighted by atomic mass is 35.5. The molecular formula is C20H20Cl2FN3O5. The standard InChI is InChI=1S/C20H19ClFN3O5.ClH/c1-24-9-20(5-11(26)6-20)25-8-12(16(27)17(28)15(25)19(24)30)18(29)23-7-10-3-2-4-13(21)14(10)22;/h2-4,8,11,26,28H,5-7,9H2,1H3,(H,23,29);1H. The molecule has 1 saturated carbocycles. The van der Waals surface area contributed by atoms with E-state index in [1.54, 1.807) is 7.05 Å². The van der Waals surface area contributed by atoms with E-state index in [1.807, 2.05) is 0 Å². The number of halogens is 3. The number of aliphatic hydroxyl groups excluding tert-OH is 1. The highest BCUT2D eigenvalue weighted by Crippen LogP contribution is 2.44. The molecule has 2 amide bonds. The number of aromatic hydroxyl groups is 1. The first kappa shape index (κ1) is 23.1. The Bertz CT molecular complexity index is 1130. The first-order valence-electron chi connectivity index (χ1n) is 9.28.